The summed E-state index contributed by atoms with van der Waals surface area (Å²) in [6.07, 6.45) is 0.0519. The number of benzene rings is 2. The second kappa shape index (κ2) is 7.61. The number of hydrogen-bond donors (Lipinski definition) is 4. The van der Waals surface area contributed by atoms with Crippen LogP contribution in [0.5, 0.6) is 0 Å². The van der Waals surface area contributed by atoms with Gasteiger partial charge in [0.25, 0.3) is 11.8 Å². The molecule has 2 amide bonds. The molecule has 0 radical (unpaired) electrons. The minimum atomic E-state index is -3.98. The van der Waals surface area contributed by atoms with Gasteiger partial charge in [-0.3, -0.25) is 9.59 Å². The monoisotopic (exact) mass is 430 g/mol. The first-order valence-electron chi connectivity index (χ1n) is 8.66. The topological polar surface area (TPSA) is 130 Å². The highest BCUT2D eigenvalue weighted by molar-refractivity contribution is 7.89. The van der Waals surface area contributed by atoms with E-state index in [1.54, 1.807) is 18.2 Å². The van der Waals surface area contributed by atoms with Crippen LogP contribution in [0.2, 0.25) is 0 Å². The SMILES string of the molecule is O=C(Nc1ccc(NC(=O)[C@H]2Nc3cc(F)ccc3S(=O)(=O)N2)cc1)c1ccco1. The van der Waals surface area contributed by atoms with Crippen molar-refractivity contribution in [2.45, 2.75) is 11.1 Å². The van der Waals surface area contributed by atoms with E-state index in [-0.39, 0.29) is 16.3 Å². The molecule has 0 unspecified atom stereocenters. The lowest BCUT2D eigenvalue weighted by atomic mass is 10.2. The van der Waals surface area contributed by atoms with Crippen molar-refractivity contribution in [2.24, 2.45) is 0 Å². The van der Waals surface area contributed by atoms with E-state index in [0.29, 0.717) is 11.4 Å². The summed E-state index contributed by atoms with van der Waals surface area (Å²) >= 11 is 0. The van der Waals surface area contributed by atoms with Crippen molar-refractivity contribution >= 4 is 38.9 Å². The van der Waals surface area contributed by atoms with E-state index in [9.17, 15) is 22.4 Å². The van der Waals surface area contributed by atoms with Crippen molar-refractivity contribution in [1.82, 2.24) is 4.72 Å². The van der Waals surface area contributed by atoms with E-state index in [2.05, 4.69) is 20.7 Å². The van der Waals surface area contributed by atoms with Crippen LogP contribution in [0.25, 0.3) is 0 Å². The molecule has 30 heavy (non-hydrogen) atoms. The predicted molar refractivity (Wildman–Crippen MR) is 106 cm³/mol. The predicted octanol–water partition coefficient (Wildman–Crippen LogP) is 2.34. The molecule has 3 aromatic rings. The quantitative estimate of drug-likeness (QED) is 0.503. The molecule has 4 rings (SSSR count). The van der Waals surface area contributed by atoms with E-state index in [1.807, 2.05) is 0 Å². The fourth-order valence-corrected chi connectivity index (χ4v) is 4.08. The minimum absolute atomic E-state index is 0.00936. The molecular weight excluding hydrogens is 415 g/mol. The molecule has 9 nitrogen and oxygen atoms in total. The number of carbonyl (C=O) groups is 2. The maximum atomic E-state index is 13.4. The molecule has 0 aliphatic carbocycles. The number of anilines is 3. The Balaban J connectivity index is 1.43. The third kappa shape index (κ3) is 4.02. The van der Waals surface area contributed by atoms with Gasteiger partial charge in [-0.25, -0.2) is 12.8 Å². The van der Waals surface area contributed by atoms with Crippen LogP contribution in [0.1, 0.15) is 10.6 Å². The van der Waals surface area contributed by atoms with Crippen molar-refractivity contribution in [1.29, 1.82) is 0 Å². The summed E-state index contributed by atoms with van der Waals surface area (Å²) in [4.78, 5) is 24.3. The van der Waals surface area contributed by atoms with E-state index < -0.39 is 33.8 Å². The highest BCUT2D eigenvalue weighted by atomic mass is 32.2. The van der Waals surface area contributed by atoms with Crippen molar-refractivity contribution in [3.05, 3.63) is 72.4 Å². The Morgan fingerprint density at radius 1 is 1.00 bits per heavy atom. The zero-order valence-electron chi connectivity index (χ0n) is 15.2. The van der Waals surface area contributed by atoms with Crippen LogP contribution in [0.3, 0.4) is 0 Å². The molecule has 1 atom stereocenters. The summed E-state index contributed by atoms with van der Waals surface area (Å²) in [6, 6.07) is 12.4. The lowest BCUT2D eigenvalue weighted by molar-refractivity contribution is -0.117. The summed E-state index contributed by atoms with van der Waals surface area (Å²) in [5, 5.41) is 7.84. The van der Waals surface area contributed by atoms with Gasteiger partial charge in [0.05, 0.1) is 12.0 Å². The molecule has 0 fully saturated rings. The fourth-order valence-electron chi connectivity index (χ4n) is 2.82. The Kier molecular flexibility index (Phi) is 4.98. The third-order valence-electron chi connectivity index (χ3n) is 4.22. The molecule has 0 bridgehead atoms. The number of hydrogen-bond acceptors (Lipinski definition) is 6. The molecule has 0 spiro atoms. The van der Waals surface area contributed by atoms with Gasteiger partial charge in [-0.05, 0) is 54.6 Å². The van der Waals surface area contributed by atoms with Gasteiger partial charge in [-0.1, -0.05) is 0 Å². The zero-order chi connectivity index (χ0) is 21.3. The first kappa shape index (κ1) is 19.6. The Labute approximate surface area is 170 Å². The molecule has 1 aliphatic heterocycles. The highest BCUT2D eigenvalue weighted by Crippen LogP contribution is 2.27. The number of rotatable bonds is 4. The second-order valence-electron chi connectivity index (χ2n) is 6.34. The summed E-state index contributed by atoms with van der Waals surface area (Å²) in [5.41, 5.74) is 0.821. The number of halogens is 1. The Morgan fingerprint density at radius 3 is 2.37 bits per heavy atom. The Morgan fingerprint density at radius 2 is 1.70 bits per heavy atom. The van der Waals surface area contributed by atoms with E-state index in [1.165, 1.54) is 24.5 Å². The number of carbonyl (C=O) groups excluding carboxylic acids is 2. The molecule has 2 heterocycles. The average molecular weight is 430 g/mol. The van der Waals surface area contributed by atoms with Gasteiger partial charge in [0.1, 0.15) is 10.7 Å². The van der Waals surface area contributed by atoms with Crippen molar-refractivity contribution in [2.75, 3.05) is 16.0 Å². The minimum Gasteiger partial charge on any atom is -0.459 e. The van der Waals surface area contributed by atoms with Crippen LogP contribution in [0, 0.1) is 5.82 Å². The molecule has 2 aromatic carbocycles. The number of amides is 2. The van der Waals surface area contributed by atoms with Crippen molar-refractivity contribution < 1.29 is 26.8 Å². The Hall–Kier alpha value is -3.70. The number of nitrogens with one attached hydrogen (secondary N) is 4. The number of sulfonamides is 1. The van der Waals surface area contributed by atoms with Crippen LogP contribution in [0.15, 0.2) is 70.2 Å². The average Bonchev–Trinajstić information content (AvgIpc) is 3.23. The summed E-state index contributed by atoms with van der Waals surface area (Å²) in [6.45, 7) is 0. The number of fused-ring (bicyclic) bond motifs is 1. The standard InChI is InChI=1S/C19H15FN4O5S/c20-11-3-8-16-14(10-11)23-17(24-30(16,27)28)19(26)22-13-6-4-12(5-7-13)21-18(25)15-2-1-9-29-15/h1-10,17,23-24H,(H,21,25)(H,22,26)/t17-/m0/s1. The second-order valence-corrected chi connectivity index (χ2v) is 8.02. The van der Waals surface area contributed by atoms with Crippen LogP contribution in [-0.4, -0.2) is 26.4 Å². The largest absolute Gasteiger partial charge is 0.459 e. The van der Waals surface area contributed by atoms with Crippen molar-refractivity contribution in [3.8, 4) is 0 Å². The van der Waals surface area contributed by atoms with Crippen LogP contribution in [0.4, 0.5) is 21.5 Å². The molecule has 0 saturated heterocycles. The van der Waals surface area contributed by atoms with Gasteiger partial charge >= 0.3 is 0 Å². The first-order valence-corrected chi connectivity index (χ1v) is 10.1. The highest BCUT2D eigenvalue weighted by Gasteiger charge is 2.33. The Bertz CT molecular complexity index is 1210. The number of furan rings is 1. The zero-order valence-corrected chi connectivity index (χ0v) is 16.0. The van der Waals surface area contributed by atoms with Gasteiger partial charge in [-0.2, -0.15) is 4.72 Å². The lowest BCUT2D eigenvalue weighted by Gasteiger charge is -2.27. The van der Waals surface area contributed by atoms with E-state index >= 15 is 0 Å². The molecule has 1 aromatic heterocycles. The van der Waals surface area contributed by atoms with Crippen LogP contribution >= 0.6 is 0 Å². The summed E-state index contributed by atoms with van der Waals surface area (Å²) < 4.78 is 45.2. The normalized spacial score (nSPS) is 16.8. The molecule has 1 aliphatic rings. The first-order chi connectivity index (χ1) is 14.3. The molecule has 11 heteroatoms. The van der Waals surface area contributed by atoms with Gasteiger partial charge in [-0.15, -0.1) is 0 Å². The van der Waals surface area contributed by atoms with Gasteiger partial charge in [0.15, 0.2) is 11.9 Å². The van der Waals surface area contributed by atoms with E-state index in [4.69, 9.17) is 4.42 Å². The lowest BCUT2D eigenvalue weighted by Crippen LogP contribution is -2.51. The molecule has 154 valence electrons. The van der Waals surface area contributed by atoms with Crippen LogP contribution < -0.4 is 20.7 Å². The van der Waals surface area contributed by atoms with E-state index in [0.717, 1.165) is 18.2 Å². The van der Waals surface area contributed by atoms with Crippen molar-refractivity contribution in [3.63, 3.8) is 0 Å². The van der Waals surface area contributed by atoms with Crippen LogP contribution in [-0.2, 0) is 14.8 Å². The fraction of sp³-hybridized carbons (Fsp3) is 0.0526. The van der Waals surface area contributed by atoms with Gasteiger partial charge in [0, 0.05) is 11.4 Å². The maximum Gasteiger partial charge on any atom is 0.291 e. The summed E-state index contributed by atoms with van der Waals surface area (Å²) in [5.74, 6) is -1.60. The molecule has 4 N–H and O–H groups in total. The third-order valence-corrected chi connectivity index (χ3v) is 5.70. The maximum absolute atomic E-state index is 13.4. The molecule has 0 saturated carbocycles. The van der Waals surface area contributed by atoms with Gasteiger partial charge in [0.2, 0.25) is 10.0 Å². The van der Waals surface area contributed by atoms with Gasteiger partial charge < -0.3 is 20.4 Å². The molecular formula is C19H15FN4O5S. The summed E-state index contributed by atoms with van der Waals surface area (Å²) in [7, 11) is -3.98. The smallest absolute Gasteiger partial charge is 0.291 e.